The molecule has 0 aliphatic rings. The summed E-state index contributed by atoms with van der Waals surface area (Å²) in [6.07, 6.45) is 2.56. The number of benzene rings is 1. The van der Waals surface area contributed by atoms with Crippen LogP contribution >= 0.6 is 0 Å². The average Bonchev–Trinajstić information content (AvgIpc) is 2.24. The Balaban J connectivity index is 2.91. The molecule has 0 N–H and O–H groups in total. The SMILES string of the molecule is [N-]=[N+]=NCC=Cc1ccc(F)c(F)c1F. The first-order valence-electron chi connectivity index (χ1n) is 3.97. The molecule has 0 saturated carbocycles. The van der Waals surface area contributed by atoms with E-state index < -0.39 is 17.5 Å². The Hall–Kier alpha value is -1.94. The maximum absolute atomic E-state index is 13.0. The molecule has 0 aliphatic carbocycles. The van der Waals surface area contributed by atoms with Crippen molar-refractivity contribution in [3.05, 3.63) is 51.7 Å². The van der Waals surface area contributed by atoms with E-state index in [-0.39, 0.29) is 12.1 Å². The van der Waals surface area contributed by atoms with E-state index in [0.717, 1.165) is 12.1 Å². The summed E-state index contributed by atoms with van der Waals surface area (Å²) < 4.78 is 38.2. The largest absolute Gasteiger partial charge is 0.204 e. The molecular formula is C9H6F3N3. The van der Waals surface area contributed by atoms with Crippen LogP contribution in [0, 0.1) is 17.5 Å². The molecule has 0 aromatic heterocycles. The number of hydrogen-bond donors (Lipinski definition) is 0. The fraction of sp³-hybridized carbons (Fsp3) is 0.111. The first-order chi connectivity index (χ1) is 7.16. The van der Waals surface area contributed by atoms with Gasteiger partial charge in [0, 0.05) is 17.0 Å². The van der Waals surface area contributed by atoms with Crippen LogP contribution in [0.2, 0.25) is 0 Å². The van der Waals surface area contributed by atoms with Crippen LogP contribution in [-0.2, 0) is 0 Å². The van der Waals surface area contributed by atoms with E-state index in [0.29, 0.717) is 0 Å². The molecule has 0 spiro atoms. The molecule has 0 heterocycles. The van der Waals surface area contributed by atoms with Crippen molar-refractivity contribution in [3.8, 4) is 0 Å². The molecule has 0 fully saturated rings. The van der Waals surface area contributed by atoms with E-state index in [1.165, 1.54) is 12.2 Å². The standard InChI is InChI=1S/C9H6F3N3/c10-7-4-3-6(8(11)9(7)12)2-1-5-14-15-13/h1-4H,5H2. The minimum absolute atomic E-state index is 0.0228. The third-order valence-electron chi connectivity index (χ3n) is 1.61. The van der Waals surface area contributed by atoms with Crippen LogP contribution in [0.5, 0.6) is 0 Å². The fourth-order valence-corrected chi connectivity index (χ4v) is 0.933. The van der Waals surface area contributed by atoms with Crippen LogP contribution in [0.15, 0.2) is 23.3 Å². The molecule has 3 nitrogen and oxygen atoms in total. The van der Waals surface area contributed by atoms with Gasteiger partial charge in [0.2, 0.25) is 0 Å². The second-order valence-electron chi connectivity index (χ2n) is 2.58. The third-order valence-corrected chi connectivity index (χ3v) is 1.61. The average molecular weight is 213 g/mol. The lowest BCUT2D eigenvalue weighted by molar-refractivity contribution is 0.446. The number of rotatable bonds is 3. The van der Waals surface area contributed by atoms with E-state index in [1.807, 2.05) is 0 Å². The topological polar surface area (TPSA) is 48.8 Å². The van der Waals surface area contributed by atoms with Crippen LogP contribution in [0.4, 0.5) is 13.2 Å². The molecule has 78 valence electrons. The lowest BCUT2D eigenvalue weighted by Gasteiger charge is -1.98. The molecule has 0 bridgehead atoms. The van der Waals surface area contributed by atoms with E-state index >= 15 is 0 Å². The monoisotopic (exact) mass is 213 g/mol. The normalized spacial score (nSPS) is 10.3. The van der Waals surface area contributed by atoms with Gasteiger partial charge in [-0.05, 0) is 17.7 Å². The van der Waals surface area contributed by atoms with Gasteiger partial charge in [-0.25, -0.2) is 13.2 Å². The molecular weight excluding hydrogens is 207 g/mol. The molecule has 15 heavy (non-hydrogen) atoms. The molecule has 1 aromatic carbocycles. The Morgan fingerprint density at radius 3 is 2.67 bits per heavy atom. The van der Waals surface area contributed by atoms with Crippen LogP contribution in [0.1, 0.15) is 5.56 Å². The highest BCUT2D eigenvalue weighted by atomic mass is 19.2. The summed E-state index contributed by atoms with van der Waals surface area (Å²) in [5, 5.41) is 3.16. The smallest absolute Gasteiger partial charge is 0.195 e. The van der Waals surface area contributed by atoms with Crippen molar-refractivity contribution in [1.29, 1.82) is 0 Å². The van der Waals surface area contributed by atoms with Crippen LogP contribution < -0.4 is 0 Å². The van der Waals surface area contributed by atoms with Crippen LogP contribution in [-0.4, -0.2) is 6.54 Å². The summed E-state index contributed by atoms with van der Waals surface area (Å²) >= 11 is 0. The van der Waals surface area contributed by atoms with Gasteiger partial charge in [-0.3, -0.25) is 0 Å². The van der Waals surface area contributed by atoms with Gasteiger partial charge in [0.05, 0.1) is 0 Å². The zero-order valence-corrected chi connectivity index (χ0v) is 7.49. The molecule has 1 aromatic rings. The lowest BCUT2D eigenvalue weighted by atomic mass is 10.2. The number of halogens is 3. The maximum atomic E-state index is 13.0. The maximum Gasteiger partial charge on any atom is 0.195 e. The summed E-state index contributed by atoms with van der Waals surface area (Å²) in [7, 11) is 0. The highest BCUT2D eigenvalue weighted by Crippen LogP contribution is 2.16. The van der Waals surface area contributed by atoms with Gasteiger partial charge in [0.1, 0.15) is 0 Å². The van der Waals surface area contributed by atoms with Gasteiger partial charge < -0.3 is 0 Å². The second kappa shape index (κ2) is 5.07. The lowest BCUT2D eigenvalue weighted by Crippen LogP contribution is -1.92. The van der Waals surface area contributed by atoms with Gasteiger partial charge >= 0.3 is 0 Å². The van der Waals surface area contributed by atoms with Gasteiger partial charge in [-0.2, -0.15) is 0 Å². The number of azide groups is 1. The number of hydrogen-bond acceptors (Lipinski definition) is 1. The molecule has 0 atom stereocenters. The molecule has 0 aliphatic heterocycles. The van der Waals surface area contributed by atoms with Gasteiger partial charge in [-0.1, -0.05) is 17.3 Å². The van der Waals surface area contributed by atoms with Crippen LogP contribution in [0.3, 0.4) is 0 Å². The van der Waals surface area contributed by atoms with Crippen molar-refractivity contribution in [3.63, 3.8) is 0 Å². The van der Waals surface area contributed by atoms with E-state index in [2.05, 4.69) is 10.0 Å². The molecule has 0 amide bonds. The Kier molecular flexibility index (Phi) is 3.76. The summed E-state index contributed by atoms with van der Waals surface area (Å²) in [6.45, 7) is 0.0228. The Morgan fingerprint density at radius 2 is 2.00 bits per heavy atom. The first kappa shape index (κ1) is 11.1. The summed E-state index contributed by atoms with van der Waals surface area (Å²) in [6, 6.07) is 1.92. The number of nitrogens with zero attached hydrogens (tertiary/aromatic N) is 3. The van der Waals surface area contributed by atoms with Crippen LogP contribution in [0.25, 0.3) is 16.5 Å². The van der Waals surface area contributed by atoms with Crippen molar-refractivity contribution < 1.29 is 13.2 Å². The van der Waals surface area contributed by atoms with E-state index in [1.54, 1.807) is 0 Å². The molecule has 0 saturated heterocycles. The second-order valence-corrected chi connectivity index (χ2v) is 2.58. The first-order valence-corrected chi connectivity index (χ1v) is 3.97. The van der Waals surface area contributed by atoms with Gasteiger partial charge in [0.25, 0.3) is 0 Å². The molecule has 0 radical (unpaired) electrons. The Bertz CT molecular complexity index is 436. The summed E-state index contributed by atoms with van der Waals surface area (Å²) in [5.41, 5.74) is 7.84. The fourth-order valence-electron chi connectivity index (χ4n) is 0.933. The quantitative estimate of drug-likeness (QED) is 0.319. The Labute approximate surface area is 83.5 Å². The molecule has 1 rings (SSSR count). The van der Waals surface area contributed by atoms with Crippen molar-refractivity contribution in [2.45, 2.75) is 0 Å². The predicted octanol–water partition coefficient (Wildman–Crippen LogP) is 3.43. The van der Waals surface area contributed by atoms with Crippen molar-refractivity contribution in [1.82, 2.24) is 0 Å². The zero-order chi connectivity index (χ0) is 11.3. The van der Waals surface area contributed by atoms with E-state index in [9.17, 15) is 13.2 Å². The highest BCUT2D eigenvalue weighted by molar-refractivity contribution is 5.50. The Morgan fingerprint density at radius 1 is 1.27 bits per heavy atom. The van der Waals surface area contributed by atoms with Gasteiger partial charge in [0.15, 0.2) is 17.5 Å². The van der Waals surface area contributed by atoms with Crippen molar-refractivity contribution in [2.75, 3.05) is 6.54 Å². The minimum atomic E-state index is -1.51. The van der Waals surface area contributed by atoms with Gasteiger partial charge in [-0.15, -0.1) is 0 Å². The van der Waals surface area contributed by atoms with Crippen molar-refractivity contribution >= 4 is 6.08 Å². The zero-order valence-electron chi connectivity index (χ0n) is 7.49. The van der Waals surface area contributed by atoms with E-state index in [4.69, 9.17) is 5.53 Å². The summed E-state index contributed by atoms with van der Waals surface area (Å²) in [4.78, 5) is 2.47. The van der Waals surface area contributed by atoms with Crippen molar-refractivity contribution in [2.24, 2.45) is 5.11 Å². The molecule has 6 heteroatoms. The third kappa shape index (κ3) is 2.75. The minimum Gasteiger partial charge on any atom is -0.204 e. The highest BCUT2D eigenvalue weighted by Gasteiger charge is 2.10. The summed E-state index contributed by atoms with van der Waals surface area (Å²) in [5.74, 6) is -4.01. The predicted molar refractivity (Wildman–Crippen MR) is 49.4 cm³/mol. The molecule has 0 unspecified atom stereocenters.